The molecule has 4 heteroatoms. The second-order valence-electron chi connectivity index (χ2n) is 7.78. The molecule has 0 saturated carbocycles. The maximum Gasteiger partial charge on any atom is 0.248 e. The van der Waals surface area contributed by atoms with E-state index in [0.29, 0.717) is 0 Å². The summed E-state index contributed by atoms with van der Waals surface area (Å²) in [6.07, 6.45) is 5.41. The smallest absolute Gasteiger partial charge is 0.248 e. The molecule has 0 aliphatic carbocycles. The summed E-state index contributed by atoms with van der Waals surface area (Å²) in [5.41, 5.74) is 8.94. The number of benzene rings is 2. The molecule has 0 aliphatic heterocycles. The quantitative estimate of drug-likeness (QED) is 0.438. The Morgan fingerprint density at radius 3 is 2.37 bits per heavy atom. The van der Waals surface area contributed by atoms with Crippen LogP contribution in [0.15, 0.2) is 66.9 Å². The van der Waals surface area contributed by atoms with Gasteiger partial charge in [-0.2, -0.15) is 0 Å². The molecule has 1 N–H and O–H groups in total. The molecule has 0 fully saturated rings. The van der Waals surface area contributed by atoms with Crippen molar-refractivity contribution >= 4 is 23.3 Å². The highest BCUT2D eigenvalue weighted by Gasteiger charge is 2.13. The van der Waals surface area contributed by atoms with Crippen molar-refractivity contribution in [2.24, 2.45) is 0 Å². The SMILES string of the molecule is Cc1ccc(-c2nc3cc(C)ccn3c2/C=C/C(=O)Nc2cc(C)ccc2C)cc1. The number of pyridine rings is 1. The molecule has 0 saturated heterocycles. The van der Waals surface area contributed by atoms with E-state index in [0.717, 1.165) is 45.0 Å². The van der Waals surface area contributed by atoms with E-state index in [1.807, 2.05) is 67.8 Å². The molecule has 150 valence electrons. The molecule has 4 rings (SSSR count). The molecular weight excluding hydrogens is 370 g/mol. The number of aromatic nitrogens is 2. The van der Waals surface area contributed by atoms with Gasteiger partial charge in [-0.1, -0.05) is 42.0 Å². The number of nitrogens with zero attached hydrogens (tertiary/aromatic N) is 2. The normalized spacial score (nSPS) is 11.3. The van der Waals surface area contributed by atoms with Gasteiger partial charge in [0.05, 0.1) is 11.4 Å². The highest BCUT2D eigenvalue weighted by Crippen LogP contribution is 2.26. The number of amides is 1. The molecule has 2 aromatic carbocycles. The standard InChI is InChI=1S/C26H25N3O/c1-17-6-9-21(10-7-17)26-23(29-14-13-19(3)16-24(29)28-26)11-12-25(30)27-22-15-18(2)5-8-20(22)4/h5-16H,1-4H3,(H,27,30)/b12-11+. The molecule has 30 heavy (non-hydrogen) atoms. The van der Waals surface area contributed by atoms with E-state index < -0.39 is 0 Å². The van der Waals surface area contributed by atoms with Crippen molar-refractivity contribution in [3.8, 4) is 11.3 Å². The monoisotopic (exact) mass is 395 g/mol. The highest BCUT2D eigenvalue weighted by atomic mass is 16.1. The summed E-state index contributed by atoms with van der Waals surface area (Å²) in [5, 5.41) is 2.98. The number of carbonyl (C=O) groups is 1. The van der Waals surface area contributed by atoms with Crippen LogP contribution in [0.3, 0.4) is 0 Å². The number of hydrogen-bond acceptors (Lipinski definition) is 2. The highest BCUT2D eigenvalue weighted by molar-refractivity contribution is 6.02. The fourth-order valence-electron chi connectivity index (χ4n) is 3.45. The Balaban J connectivity index is 1.71. The molecule has 2 aromatic heterocycles. The zero-order chi connectivity index (χ0) is 21.3. The summed E-state index contributed by atoms with van der Waals surface area (Å²) in [7, 11) is 0. The number of nitrogens with one attached hydrogen (secondary N) is 1. The van der Waals surface area contributed by atoms with Gasteiger partial charge < -0.3 is 5.32 Å². The fraction of sp³-hybridized carbons (Fsp3) is 0.154. The maximum atomic E-state index is 12.6. The van der Waals surface area contributed by atoms with Crippen molar-refractivity contribution in [3.05, 3.63) is 94.8 Å². The number of fused-ring (bicyclic) bond motifs is 1. The average Bonchev–Trinajstić information content (AvgIpc) is 3.07. The van der Waals surface area contributed by atoms with E-state index in [1.54, 1.807) is 6.08 Å². The Labute approximate surface area is 176 Å². The number of rotatable bonds is 4. The minimum atomic E-state index is -0.166. The van der Waals surface area contributed by atoms with Crippen LogP contribution in [0.1, 0.15) is 27.9 Å². The van der Waals surface area contributed by atoms with Crippen LogP contribution in [0.2, 0.25) is 0 Å². The summed E-state index contributed by atoms with van der Waals surface area (Å²) in [6.45, 7) is 8.11. The van der Waals surface area contributed by atoms with Gasteiger partial charge in [-0.25, -0.2) is 4.98 Å². The van der Waals surface area contributed by atoms with Gasteiger partial charge in [0, 0.05) is 23.5 Å². The summed E-state index contributed by atoms with van der Waals surface area (Å²) in [5.74, 6) is -0.166. The lowest BCUT2D eigenvalue weighted by Gasteiger charge is -2.07. The number of carbonyl (C=O) groups excluding carboxylic acids is 1. The summed E-state index contributed by atoms with van der Waals surface area (Å²) in [6, 6.07) is 18.4. The largest absolute Gasteiger partial charge is 0.322 e. The Bertz CT molecular complexity index is 1260. The minimum absolute atomic E-state index is 0.166. The van der Waals surface area contributed by atoms with Crippen molar-refractivity contribution < 1.29 is 4.79 Å². The molecule has 0 unspecified atom stereocenters. The van der Waals surface area contributed by atoms with Crippen LogP contribution in [-0.2, 0) is 4.79 Å². The molecule has 2 heterocycles. The predicted molar refractivity (Wildman–Crippen MR) is 124 cm³/mol. The van der Waals surface area contributed by atoms with Crippen LogP contribution in [0.5, 0.6) is 0 Å². The van der Waals surface area contributed by atoms with Gasteiger partial charge in [0.15, 0.2) is 0 Å². The Kier molecular flexibility index (Phi) is 5.23. The van der Waals surface area contributed by atoms with Crippen LogP contribution in [0.4, 0.5) is 5.69 Å². The summed E-state index contributed by atoms with van der Waals surface area (Å²) < 4.78 is 2.02. The topological polar surface area (TPSA) is 46.4 Å². The zero-order valence-electron chi connectivity index (χ0n) is 17.7. The number of hydrogen-bond donors (Lipinski definition) is 1. The van der Waals surface area contributed by atoms with Crippen LogP contribution >= 0.6 is 0 Å². The third kappa shape index (κ3) is 4.03. The lowest BCUT2D eigenvalue weighted by atomic mass is 10.1. The lowest BCUT2D eigenvalue weighted by molar-refractivity contribution is -0.111. The van der Waals surface area contributed by atoms with Crippen LogP contribution < -0.4 is 5.32 Å². The third-order valence-electron chi connectivity index (χ3n) is 5.19. The molecule has 0 radical (unpaired) electrons. The van der Waals surface area contributed by atoms with Gasteiger partial charge in [0.1, 0.15) is 5.65 Å². The van der Waals surface area contributed by atoms with Crippen molar-refractivity contribution in [1.82, 2.24) is 9.38 Å². The van der Waals surface area contributed by atoms with Crippen molar-refractivity contribution in [2.45, 2.75) is 27.7 Å². The Morgan fingerprint density at radius 1 is 0.900 bits per heavy atom. The number of imidazole rings is 1. The van der Waals surface area contributed by atoms with E-state index in [-0.39, 0.29) is 5.91 Å². The number of anilines is 1. The predicted octanol–water partition coefficient (Wildman–Crippen LogP) is 5.89. The van der Waals surface area contributed by atoms with Crippen molar-refractivity contribution in [3.63, 3.8) is 0 Å². The first-order valence-corrected chi connectivity index (χ1v) is 10.0. The maximum absolute atomic E-state index is 12.6. The zero-order valence-corrected chi connectivity index (χ0v) is 17.7. The van der Waals surface area contributed by atoms with E-state index in [2.05, 4.69) is 36.5 Å². The molecule has 4 aromatic rings. The van der Waals surface area contributed by atoms with Crippen molar-refractivity contribution in [1.29, 1.82) is 0 Å². The van der Waals surface area contributed by atoms with Gasteiger partial charge in [-0.3, -0.25) is 9.20 Å². The lowest BCUT2D eigenvalue weighted by Crippen LogP contribution is -2.09. The van der Waals surface area contributed by atoms with E-state index in [9.17, 15) is 4.79 Å². The molecule has 1 amide bonds. The molecule has 0 bridgehead atoms. The molecule has 4 nitrogen and oxygen atoms in total. The average molecular weight is 396 g/mol. The minimum Gasteiger partial charge on any atom is -0.322 e. The van der Waals surface area contributed by atoms with Crippen molar-refractivity contribution in [2.75, 3.05) is 5.32 Å². The Hall–Kier alpha value is -3.66. The fourth-order valence-corrected chi connectivity index (χ4v) is 3.45. The first kappa shape index (κ1) is 19.6. The summed E-state index contributed by atoms with van der Waals surface area (Å²) in [4.78, 5) is 17.5. The van der Waals surface area contributed by atoms with Crippen LogP contribution in [-0.4, -0.2) is 15.3 Å². The van der Waals surface area contributed by atoms with Gasteiger partial charge >= 0.3 is 0 Å². The van der Waals surface area contributed by atoms with Crippen LogP contribution in [0.25, 0.3) is 23.0 Å². The van der Waals surface area contributed by atoms with E-state index in [1.165, 1.54) is 5.56 Å². The molecule has 0 spiro atoms. The van der Waals surface area contributed by atoms with E-state index >= 15 is 0 Å². The van der Waals surface area contributed by atoms with Gasteiger partial charge in [0.25, 0.3) is 0 Å². The first-order valence-electron chi connectivity index (χ1n) is 10.0. The molecular formula is C26H25N3O. The summed E-state index contributed by atoms with van der Waals surface area (Å²) >= 11 is 0. The first-order chi connectivity index (χ1) is 14.4. The second kappa shape index (κ2) is 7.99. The van der Waals surface area contributed by atoms with Gasteiger partial charge in [-0.15, -0.1) is 0 Å². The van der Waals surface area contributed by atoms with Gasteiger partial charge in [-0.05, 0) is 68.7 Å². The Morgan fingerprint density at radius 2 is 1.60 bits per heavy atom. The molecule has 0 aliphatic rings. The second-order valence-corrected chi connectivity index (χ2v) is 7.78. The van der Waals surface area contributed by atoms with Gasteiger partial charge in [0.2, 0.25) is 5.91 Å². The number of aryl methyl sites for hydroxylation is 4. The van der Waals surface area contributed by atoms with Crippen LogP contribution in [0, 0.1) is 27.7 Å². The van der Waals surface area contributed by atoms with E-state index in [4.69, 9.17) is 4.98 Å². The molecule has 0 atom stereocenters. The third-order valence-corrected chi connectivity index (χ3v) is 5.19.